The van der Waals surface area contributed by atoms with Gasteiger partial charge < -0.3 is 4.90 Å². The Bertz CT molecular complexity index is 808. The van der Waals surface area contributed by atoms with Gasteiger partial charge in [0.05, 0.1) is 11.9 Å². The number of benzene rings is 1. The van der Waals surface area contributed by atoms with Crippen molar-refractivity contribution in [1.82, 2.24) is 19.9 Å². The number of fused-ring (bicyclic) bond motifs is 1. The zero-order chi connectivity index (χ0) is 14.9. The lowest BCUT2D eigenvalue weighted by molar-refractivity contribution is 0.0730. The molecule has 1 amide bonds. The van der Waals surface area contributed by atoms with Crippen LogP contribution in [-0.4, -0.2) is 32.3 Å². The highest BCUT2D eigenvalue weighted by Gasteiger charge is 2.24. The van der Waals surface area contributed by atoms with Gasteiger partial charge in [0.25, 0.3) is 5.91 Å². The molecule has 3 aromatic rings. The lowest BCUT2D eigenvalue weighted by atomic mass is 10.1. The molecule has 0 aliphatic carbocycles. The number of hydrogen-bond acceptors (Lipinski definition) is 4. The molecule has 0 fully saturated rings. The third kappa shape index (κ3) is 2.31. The van der Waals surface area contributed by atoms with Crippen LogP contribution in [0.3, 0.4) is 0 Å². The molecule has 0 N–H and O–H groups in total. The molecule has 1 aliphatic rings. The van der Waals surface area contributed by atoms with Gasteiger partial charge in [-0.15, -0.1) is 16.4 Å². The Hall–Kier alpha value is -2.47. The van der Waals surface area contributed by atoms with Crippen molar-refractivity contribution in [3.8, 4) is 5.69 Å². The van der Waals surface area contributed by atoms with Gasteiger partial charge in [0.1, 0.15) is 0 Å². The van der Waals surface area contributed by atoms with Gasteiger partial charge in [-0.3, -0.25) is 4.79 Å². The van der Waals surface area contributed by atoms with Crippen LogP contribution in [0, 0.1) is 0 Å². The first-order valence-corrected chi connectivity index (χ1v) is 8.01. The first-order valence-electron chi connectivity index (χ1n) is 7.13. The fraction of sp³-hybridized carbons (Fsp3) is 0.188. The topological polar surface area (TPSA) is 51.0 Å². The van der Waals surface area contributed by atoms with Crippen molar-refractivity contribution < 1.29 is 4.79 Å². The number of nitrogens with zero attached hydrogens (tertiary/aromatic N) is 4. The Morgan fingerprint density at radius 3 is 2.91 bits per heavy atom. The second-order valence-corrected chi connectivity index (χ2v) is 6.23. The summed E-state index contributed by atoms with van der Waals surface area (Å²) in [6, 6.07) is 11.8. The fourth-order valence-electron chi connectivity index (χ4n) is 2.65. The maximum Gasteiger partial charge on any atom is 0.276 e. The third-order valence-corrected chi connectivity index (χ3v) is 4.85. The largest absolute Gasteiger partial charge is 0.332 e. The van der Waals surface area contributed by atoms with Gasteiger partial charge in [-0.05, 0) is 35.6 Å². The summed E-state index contributed by atoms with van der Waals surface area (Å²) in [6.07, 6.45) is 2.62. The number of thiophene rings is 1. The third-order valence-electron chi connectivity index (χ3n) is 3.83. The van der Waals surface area contributed by atoms with Gasteiger partial charge in [-0.2, -0.15) is 0 Å². The van der Waals surface area contributed by atoms with Gasteiger partial charge >= 0.3 is 0 Å². The zero-order valence-electron chi connectivity index (χ0n) is 11.8. The van der Waals surface area contributed by atoms with Crippen LogP contribution >= 0.6 is 11.3 Å². The van der Waals surface area contributed by atoms with Crippen LogP contribution < -0.4 is 0 Å². The monoisotopic (exact) mass is 310 g/mol. The van der Waals surface area contributed by atoms with Gasteiger partial charge in [-0.25, -0.2) is 4.68 Å². The van der Waals surface area contributed by atoms with E-state index >= 15 is 0 Å². The van der Waals surface area contributed by atoms with Gasteiger partial charge in [0, 0.05) is 18.0 Å². The summed E-state index contributed by atoms with van der Waals surface area (Å²) in [6.45, 7) is 1.40. The number of carbonyl (C=O) groups excluding carboxylic acids is 1. The van der Waals surface area contributed by atoms with Gasteiger partial charge in [-0.1, -0.05) is 23.4 Å². The van der Waals surface area contributed by atoms with Gasteiger partial charge in [0.2, 0.25) is 0 Å². The van der Waals surface area contributed by atoms with Crippen molar-refractivity contribution in [3.63, 3.8) is 0 Å². The van der Waals surface area contributed by atoms with E-state index < -0.39 is 0 Å². The molecule has 1 aliphatic heterocycles. The maximum atomic E-state index is 12.6. The van der Waals surface area contributed by atoms with Crippen LogP contribution in [0.4, 0.5) is 0 Å². The molecule has 22 heavy (non-hydrogen) atoms. The summed E-state index contributed by atoms with van der Waals surface area (Å²) in [5.41, 5.74) is 2.54. The minimum atomic E-state index is -0.0565. The highest BCUT2D eigenvalue weighted by Crippen LogP contribution is 2.24. The number of amides is 1. The number of aromatic nitrogens is 3. The predicted octanol–water partition coefficient (Wildman–Crippen LogP) is 2.53. The SMILES string of the molecule is O=C(c1cn(-c2ccccc2)nn1)N1CCc2sccc2C1. The Balaban J connectivity index is 1.56. The van der Waals surface area contributed by atoms with E-state index in [0.29, 0.717) is 12.2 Å². The standard InChI is InChI=1S/C16H14N4OS/c21-16(19-8-6-15-12(10-19)7-9-22-15)14-11-20(18-17-14)13-4-2-1-3-5-13/h1-5,7,9,11H,6,8,10H2. The molecule has 5 nitrogen and oxygen atoms in total. The number of carbonyl (C=O) groups is 1. The van der Waals surface area contributed by atoms with Crippen molar-refractivity contribution in [2.24, 2.45) is 0 Å². The second-order valence-electron chi connectivity index (χ2n) is 5.23. The minimum Gasteiger partial charge on any atom is -0.332 e. The van der Waals surface area contributed by atoms with Crippen LogP contribution in [0.25, 0.3) is 5.69 Å². The van der Waals surface area contributed by atoms with E-state index in [9.17, 15) is 4.79 Å². The van der Waals surface area contributed by atoms with E-state index in [0.717, 1.165) is 18.7 Å². The van der Waals surface area contributed by atoms with E-state index in [1.807, 2.05) is 35.2 Å². The van der Waals surface area contributed by atoms with Crippen LogP contribution in [-0.2, 0) is 13.0 Å². The molecule has 0 atom stereocenters. The summed E-state index contributed by atoms with van der Waals surface area (Å²) in [4.78, 5) is 15.8. The number of hydrogen-bond donors (Lipinski definition) is 0. The molecule has 110 valence electrons. The van der Waals surface area contributed by atoms with Crippen molar-refractivity contribution in [3.05, 3.63) is 64.1 Å². The Morgan fingerprint density at radius 1 is 1.18 bits per heavy atom. The van der Waals surface area contributed by atoms with E-state index in [2.05, 4.69) is 21.8 Å². The van der Waals surface area contributed by atoms with Crippen LogP contribution in [0.5, 0.6) is 0 Å². The quantitative estimate of drug-likeness (QED) is 0.731. The average molecular weight is 310 g/mol. The van der Waals surface area contributed by atoms with Crippen molar-refractivity contribution >= 4 is 17.2 Å². The van der Waals surface area contributed by atoms with Crippen LogP contribution in [0.2, 0.25) is 0 Å². The van der Waals surface area contributed by atoms with E-state index in [1.54, 1.807) is 22.2 Å². The Morgan fingerprint density at radius 2 is 2.05 bits per heavy atom. The first kappa shape index (κ1) is 13.2. The zero-order valence-corrected chi connectivity index (χ0v) is 12.7. The fourth-order valence-corrected chi connectivity index (χ4v) is 3.54. The van der Waals surface area contributed by atoms with Crippen molar-refractivity contribution in [1.29, 1.82) is 0 Å². The summed E-state index contributed by atoms with van der Waals surface area (Å²) < 4.78 is 1.63. The average Bonchev–Trinajstić information content (AvgIpc) is 3.23. The summed E-state index contributed by atoms with van der Waals surface area (Å²) >= 11 is 1.77. The Kier molecular flexibility index (Phi) is 3.23. The number of rotatable bonds is 2. The number of para-hydroxylation sites is 1. The molecular formula is C16H14N4OS. The lowest BCUT2D eigenvalue weighted by Gasteiger charge is -2.26. The molecule has 0 saturated carbocycles. The summed E-state index contributed by atoms with van der Waals surface area (Å²) in [5, 5.41) is 10.2. The minimum absolute atomic E-state index is 0.0565. The molecule has 2 aromatic heterocycles. The van der Waals surface area contributed by atoms with E-state index in [1.165, 1.54) is 10.4 Å². The van der Waals surface area contributed by atoms with Gasteiger partial charge in [0.15, 0.2) is 5.69 Å². The molecule has 1 aromatic carbocycles. The molecule has 0 saturated heterocycles. The van der Waals surface area contributed by atoms with Crippen LogP contribution in [0.15, 0.2) is 48.0 Å². The highest BCUT2D eigenvalue weighted by molar-refractivity contribution is 7.10. The molecule has 0 unspecified atom stereocenters. The maximum absolute atomic E-state index is 12.6. The van der Waals surface area contributed by atoms with E-state index in [4.69, 9.17) is 0 Å². The lowest BCUT2D eigenvalue weighted by Crippen LogP contribution is -2.35. The molecule has 4 rings (SSSR count). The molecular weight excluding hydrogens is 296 g/mol. The molecule has 3 heterocycles. The molecule has 0 radical (unpaired) electrons. The van der Waals surface area contributed by atoms with Crippen LogP contribution in [0.1, 0.15) is 20.9 Å². The molecule has 6 heteroatoms. The molecule has 0 spiro atoms. The molecule has 0 bridgehead atoms. The summed E-state index contributed by atoms with van der Waals surface area (Å²) in [7, 11) is 0. The smallest absolute Gasteiger partial charge is 0.276 e. The Labute approximate surface area is 131 Å². The summed E-state index contributed by atoms with van der Waals surface area (Å²) in [5.74, 6) is -0.0565. The van der Waals surface area contributed by atoms with Crippen molar-refractivity contribution in [2.45, 2.75) is 13.0 Å². The van der Waals surface area contributed by atoms with E-state index in [-0.39, 0.29) is 5.91 Å². The van der Waals surface area contributed by atoms with Crippen molar-refractivity contribution in [2.75, 3.05) is 6.54 Å². The normalized spacial score (nSPS) is 13.9. The predicted molar refractivity (Wildman–Crippen MR) is 84.1 cm³/mol. The second kappa shape index (κ2) is 5.38. The highest BCUT2D eigenvalue weighted by atomic mass is 32.1. The first-order chi connectivity index (χ1) is 10.8.